The average molecular weight is 393 g/mol. The van der Waals surface area contributed by atoms with E-state index < -0.39 is 0 Å². The highest BCUT2D eigenvalue weighted by Gasteiger charge is 2.32. The maximum atomic E-state index is 12.4. The molecule has 1 aliphatic rings. The predicted molar refractivity (Wildman–Crippen MR) is 118 cm³/mol. The molecule has 0 saturated heterocycles. The molecule has 29 heavy (non-hydrogen) atoms. The van der Waals surface area contributed by atoms with Gasteiger partial charge in [0.1, 0.15) is 17.3 Å². The molecule has 3 heteroatoms. The fourth-order valence-electron chi connectivity index (χ4n) is 4.54. The first kappa shape index (κ1) is 21.2. The third-order valence-electron chi connectivity index (χ3n) is 6.25. The topological polar surface area (TPSA) is 35.5 Å². The molecule has 2 unspecified atom stereocenters. The van der Waals surface area contributed by atoms with Gasteiger partial charge in [0.15, 0.2) is 0 Å². The van der Waals surface area contributed by atoms with E-state index in [9.17, 15) is 4.79 Å². The Hall–Kier alpha value is -2.55. The average Bonchev–Trinajstić information content (AvgIpc) is 2.75. The summed E-state index contributed by atoms with van der Waals surface area (Å²) in [7, 11) is 3.38. The highest BCUT2D eigenvalue weighted by Crippen LogP contribution is 2.37. The monoisotopic (exact) mass is 392 g/mol. The van der Waals surface area contributed by atoms with Gasteiger partial charge in [0.2, 0.25) is 0 Å². The highest BCUT2D eigenvalue weighted by atomic mass is 16.5. The van der Waals surface area contributed by atoms with Crippen molar-refractivity contribution >= 4 is 5.78 Å². The van der Waals surface area contributed by atoms with Gasteiger partial charge in [-0.1, -0.05) is 49.3 Å². The van der Waals surface area contributed by atoms with E-state index in [2.05, 4.69) is 38.1 Å². The normalized spacial score (nSPS) is 19.2. The molecule has 2 atom stereocenters. The maximum absolute atomic E-state index is 12.4. The Morgan fingerprint density at radius 1 is 0.862 bits per heavy atom. The van der Waals surface area contributed by atoms with Gasteiger partial charge in [-0.25, -0.2) is 0 Å². The van der Waals surface area contributed by atoms with Gasteiger partial charge in [-0.05, 0) is 67.0 Å². The molecule has 1 aliphatic carbocycles. The van der Waals surface area contributed by atoms with Crippen LogP contribution < -0.4 is 9.47 Å². The van der Waals surface area contributed by atoms with E-state index in [-0.39, 0.29) is 5.92 Å². The Balaban J connectivity index is 1.93. The van der Waals surface area contributed by atoms with Gasteiger partial charge in [-0.2, -0.15) is 0 Å². The van der Waals surface area contributed by atoms with Crippen molar-refractivity contribution in [2.75, 3.05) is 14.2 Å². The lowest BCUT2D eigenvalue weighted by Crippen LogP contribution is -2.29. The number of allylic oxidation sites excluding steroid dienone is 2. The van der Waals surface area contributed by atoms with E-state index in [0.717, 1.165) is 37.2 Å². The third-order valence-corrected chi connectivity index (χ3v) is 6.25. The Bertz CT molecular complexity index is 795. The van der Waals surface area contributed by atoms with Crippen molar-refractivity contribution in [3.63, 3.8) is 0 Å². The molecular formula is C26H32O3. The number of methoxy groups -OCH3 is 2. The number of hydrogen-bond donors (Lipinski definition) is 0. The molecule has 0 amide bonds. The largest absolute Gasteiger partial charge is 0.497 e. The second-order valence-corrected chi connectivity index (χ2v) is 7.95. The first-order chi connectivity index (χ1) is 14.0. The van der Waals surface area contributed by atoms with E-state index in [1.807, 2.05) is 24.3 Å². The molecule has 0 N–H and O–H groups in total. The van der Waals surface area contributed by atoms with Crippen molar-refractivity contribution in [1.29, 1.82) is 0 Å². The molecule has 2 aromatic rings. The summed E-state index contributed by atoms with van der Waals surface area (Å²) in [5.41, 5.74) is 5.47. The van der Waals surface area contributed by atoms with Crippen LogP contribution >= 0.6 is 0 Å². The lowest BCUT2D eigenvalue weighted by molar-refractivity contribution is -0.125. The number of Topliss-reactive ketones (excluding diaryl/α,β-unsaturated/α-hetero) is 1. The maximum Gasteiger partial charge on any atom is 0.136 e. The number of ether oxygens (including phenoxy) is 2. The zero-order valence-corrected chi connectivity index (χ0v) is 18.0. The minimum atomic E-state index is 0.153. The number of carbonyl (C=O) groups is 1. The molecule has 154 valence electrons. The van der Waals surface area contributed by atoms with E-state index in [4.69, 9.17) is 9.47 Å². The lowest BCUT2D eigenvalue weighted by atomic mass is 9.72. The zero-order valence-electron chi connectivity index (χ0n) is 18.0. The van der Waals surface area contributed by atoms with Crippen molar-refractivity contribution in [3.8, 4) is 11.5 Å². The summed E-state index contributed by atoms with van der Waals surface area (Å²) < 4.78 is 10.6. The molecule has 0 heterocycles. The molecule has 0 aliphatic heterocycles. The van der Waals surface area contributed by atoms with Gasteiger partial charge in [-0.15, -0.1) is 0 Å². The van der Waals surface area contributed by atoms with Crippen molar-refractivity contribution in [1.82, 2.24) is 0 Å². The second-order valence-electron chi connectivity index (χ2n) is 7.95. The first-order valence-corrected chi connectivity index (χ1v) is 10.5. The van der Waals surface area contributed by atoms with Crippen molar-refractivity contribution in [2.45, 2.75) is 46.0 Å². The number of rotatable bonds is 7. The summed E-state index contributed by atoms with van der Waals surface area (Å²) in [6.45, 7) is 4.37. The zero-order chi connectivity index (χ0) is 20.8. The Morgan fingerprint density at radius 2 is 1.34 bits per heavy atom. The lowest BCUT2D eigenvalue weighted by Gasteiger charge is -2.32. The first-order valence-electron chi connectivity index (χ1n) is 10.5. The van der Waals surface area contributed by atoms with Crippen LogP contribution in [0.5, 0.6) is 11.5 Å². The van der Waals surface area contributed by atoms with E-state index >= 15 is 0 Å². The molecule has 1 saturated carbocycles. The van der Waals surface area contributed by atoms with Crippen LogP contribution in [0.4, 0.5) is 0 Å². The number of hydrogen-bond acceptors (Lipinski definition) is 3. The number of carbonyl (C=O) groups excluding carboxylic acids is 1. The number of ketones is 1. The standard InChI is InChI=1S/C26H32O3/c1-5-24-18(2)25(14-15-26(24)27)21(16-19-6-10-22(28-3)11-7-19)17-20-8-12-23(29-4)13-9-20/h6-13,18,24H,5,14-17H2,1-4H3. The van der Waals surface area contributed by atoms with Crippen LogP contribution in [0, 0.1) is 11.8 Å². The summed E-state index contributed by atoms with van der Waals surface area (Å²) in [6, 6.07) is 16.7. The van der Waals surface area contributed by atoms with Gasteiger partial charge in [0.25, 0.3) is 0 Å². The second kappa shape index (κ2) is 9.78. The van der Waals surface area contributed by atoms with Gasteiger partial charge in [0, 0.05) is 12.3 Å². The van der Waals surface area contributed by atoms with E-state index in [0.29, 0.717) is 18.1 Å². The molecule has 0 bridgehead atoms. The van der Waals surface area contributed by atoms with E-state index in [1.54, 1.807) is 14.2 Å². The van der Waals surface area contributed by atoms with Crippen LogP contribution in [-0.2, 0) is 17.6 Å². The van der Waals surface area contributed by atoms with Crippen molar-refractivity contribution < 1.29 is 14.3 Å². The molecular weight excluding hydrogens is 360 g/mol. The molecule has 0 spiro atoms. The minimum absolute atomic E-state index is 0.153. The molecule has 0 aromatic heterocycles. The minimum Gasteiger partial charge on any atom is -0.497 e. The van der Waals surface area contributed by atoms with Gasteiger partial charge in [-0.3, -0.25) is 4.79 Å². The molecule has 3 nitrogen and oxygen atoms in total. The van der Waals surface area contributed by atoms with Crippen LogP contribution in [0.25, 0.3) is 0 Å². The molecule has 2 aromatic carbocycles. The third kappa shape index (κ3) is 5.09. The van der Waals surface area contributed by atoms with Crippen LogP contribution in [0.3, 0.4) is 0 Å². The fraction of sp³-hybridized carbons (Fsp3) is 0.423. The van der Waals surface area contributed by atoms with Crippen molar-refractivity contribution in [3.05, 3.63) is 70.8 Å². The van der Waals surface area contributed by atoms with Crippen LogP contribution in [0.2, 0.25) is 0 Å². The van der Waals surface area contributed by atoms with Gasteiger partial charge < -0.3 is 9.47 Å². The van der Waals surface area contributed by atoms with Crippen molar-refractivity contribution in [2.24, 2.45) is 11.8 Å². The summed E-state index contributed by atoms with van der Waals surface area (Å²) >= 11 is 0. The smallest absolute Gasteiger partial charge is 0.136 e. The highest BCUT2D eigenvalue weighted by molar-refractivity contribution is 5.83. The summed E-state index contributed by atoms with van der Waals surface area (Å²) in [5, 5.41) is 0. The Morgan fingerprint density at radius 3 is 1.76 bits per heavy atom. The summed E-state index contributed by atoms with van der Waals surface area (Å²) in [5.74, 6) is 2.65. The molecule has 3 rings (SSSR count). The van der Waals surface area contributed by atoms with E-state index in [1.165, 1.54) is 22.3 Å². The van der Waals surface area contributed by atoms with Gasteiger partial charge in [0.05, 0.1) is 14.2 Å². The SMILES string of the molecule is CCC1C(=O)CCC(=C(Cc2ccc(OC)cc2)Cc2ccc(OC)cc2)C1C. The molecule has 1 fully saturated rings. The van der Waals surface area contributed by atoms with Crippen LogP contribution in [0.1, 0.15) is 44.2 Å². The predicted octanol–water partition coefficient (Wildman–Crippen LogP) is 5.81. The Labute approximate surface area is 174 Å². The number of benzene rings is 2. The molecule has 0 radical (unpaired) electrons. The van der Waals surface area contributed by atoms with Crippen LogP contribution in [-0.4, -0.2) is 20.0 Å². The van der Waals surface area contributed by atoms with Gasteiger partial charge >= 0.3 is 0 Å². The quantitative estimate of drug-likeness (QED) is 0.558. The summed E-state index contributed by atoms with van der Waals surface area (Å²) in [4.78, 5) is 12.4. The Kier molecular flexibility index (Phi) is 7.13. The van der Waals surface area contributed by atoms with Crippen LogP contribution in [0.15, 0.2) is 59.7 Å². The summed E-state index contributed by atoms with van der Waals surface area (Å²) in [6.07, 6.45) is 4.29. The fourth-order valence-corrected chi connectivity index (χ4v) is 4.54.